The second-order valence-electron chi connectivity index (χ2n) is 6.15. The predicted molar refractivity (Wildman–Crippen MR) is 85.6 cm³/mol. The lowest BCUT2D eigenvalue weighted by atomic mass is 9.99. The summed E-state index contributed by atoms with van der Waals surface area (Å²) in [7, 11) is -2.63. The second kappa shape index (κ2) is 6.34. The van der Waals surface area contributed by atoms with E-state index in [4.69, 9.17) is 9.47 Å². The van der Waals surface area contributed by atoms with Gasteiger partial charge in [-0.15, -0.1) is 0 Å². The molecule has 1 fully saturated rings. The smallest absolute Gasteiger partial charge is 0.327 e. The molecule has 1 unspecified atom stereocenters. The number of aliphatic carboxylic acids is 1. The Labute approximate surface area is 141 Å². The van der Waals surface area contributed by atoms with Crippen molar-refractivity contribution in [1.29, 1.82) is 0 Å². The fraction of sp³-hybridized carbons (Fsp3) is 0.562. The summed E-state index contributed by atoms with van der Waals surface area (Å²) in [4.78, 5) is 11.9. The van der Waals surface area contributed by atoms with Gasteiger partial charge in [0.05, 0.1) is 13.2 Å². The number of carboxylic acids is 1. The van der Waals surface area contributed by atoms with Gasteiger partial charge in [0.15, 0.2) is 5.54 Å². The highest BCUT2D eigenvalue weighted by molar-refractivity contribution is 7.89. The Bertz CT molecular complexity index is 747. The van der Waals surface area contributed by atoms with Crippen LogP contribution in [0.2, 0.25) is 0 Å². The van der Waals surface area contributed by atoms with Crippen LogP contribution in [0.4, 0.5) is 0 Å². The molecule has 1 saturated heterocycles. The molecular formula is C16H21NO6S. The van der Waals surface area contributed by atoms with Crippen LogP contribution in [0.15, 0.2) is 23.1 Å². The number of aryl methyl sites for hydroxylation is 1. The molecule has 0 amide bonds. The first kappa shape index (κ1) is 17.2. The molecule has 0 aromatic heterocycles. The van der Waals surface area contributed by atoms with Gasteiger partial charge in [-0.25, -0.2) is 8.42 Å². The minimum atomic E-state index is -4.01. The minimum absolute atomic E-state index is 0.0447. The van der Waals surface area contributed by atoms with Crippen molar-refractivity contribution < 1.29 is 27.8 Å². The van der Waals surface area contributed by atoms with Crippen LogP contribution < -0.4 is 4.74 Å². The molecule has 2 heterocycles. The third kappa shape index (κ3) is 2.58. The minimum Gasteiger partial charge on any atom is -0.492 e. The topological polar surface area (TPSA) is 93.1 Å². The van der Waals surface area contributed by atoms with Gasteiger partial charge in [-0.2, -0.15) is 4.31 Å². The summed E-state index contributed by atoms with van der Waals surface area (Å²) in [5, 5.41) is 9.70. The van der Waals surface area contributed by atoms with E-state index in [-0.39, 0.29) is 24.5 Å². The molecule has 0 radical (unpaired) electrons. The molecule has 1 aromatic carbocycles. The maximum Gasteiger partial charge on any atom is 0.327 e. The Morgan fingerprint density at radius 3 is 2.92 bits per heavy atom. The monoisotopic (exact) mass is 355 g/mol. The zero-order valence-corrected chi connectivity index (χ0v) is 14.3. The number of carboxylic acid groups (broad SMARTS) is 1. The molecule has 0 spiro atoms. The number of methoxy groups -OCH3 is 1. The molecule has 2 aliphatic heterocycles. The van der Waals surface area contributed by atoms with E-state index in [0.29, 0.717) is 18.8 Å². The average Bonchev–Trinajstić information content (AvgIpc) is 3.00. The van der Waals surface area contributed by atoms with Crippen LogP contribution in [-0.4, -0.2) is 56.2 Å². The van der Waals surface area contributed by atoms with E-state index in [1.807, 2.05) is 6.07 Å². The van der Waals surface area contributed by atoms with E-state index in [0.717, 1.165) is 22.7 Å². The summed E-state index contributed by atoms with van der Waals surface area (Å²) in [5.41, 5.74) is -0.723. The molecule has 132 valence electrons. The second-order valence-corrected chi connectivity index (χ2v) is 7.98. The number of hydrogen-bond acceptors (Lipinski definition) is 5. The Kier molecular flexibility index (Phi) is 4.54. The number of para-hydroxylation sites is 1. The van der Waals surface area contributed by atoms with E-state index in [1.54, 1.807) is 6.07 Å². The van der Waals surface area contributed by atoms with Crippen molar-refractivity contribution in [3.8, 4) is 5.75 Å². The highest BCUT2D eigenvalue weighted by Crippen LogP contribution is 2.40. The van der Waals surface area contributed by atoms with Crippen molar-refractivity contribution in [2.24, 2.45) is 0 Å². The van der Waals surface area contributed by atoms with Gasteiger partial charge >= 0.3 is 5.97 Å². The predicted octanol–water partition coefficient (Wildman–Crippen LogP) is 1.27. The number of ether oxygens (including phenoxy) is 2. The summed E-state index contributed by atoms with van der Waals surface area (Å²) in [6.07, 6.45) is 2.29. The average molecular weight is 355 g/mol. The fourth-order valence-electron chi connectivity index (χ4n) is 3.54. The number of hydrogen-bond donors (Lipinski definition) is 1. The highest BCUT2D eigenvalue weighted by atomic mass is 32.2. The first-order valence-corrected chi connectivity index (χ1v) is 9.37. The summed E-state index contributed by atoms with van der Waals surface area (Å²) in [6, 6.07) is 5.00. The van der Waals surface area contributed by atoms with Crippen LogP contribution in [0.5, 0.6) is 5.75 Å². The van der Waals surface area contributed by atoms with Crippen molar-refractivity contribution in [2.45, 2.75) is 36.1 Å². The molecule has 3 rings (SSSR count). The first-order valence-electron chi connectivity index (χ1n) is 7.93. The van der Waals surface area contributed by atoms with Gasteiger partial charge in [-0.05, 0) is 37.3 Å². The van der Waals surface area contributed by atoms with Gasteiger partial charge in [0.2, 0.25) is 10.0 Å². The Balaban J connectivity index is 2.09. The van der Waals surface area contributed by atoms with E-state index >= 15 is 0 Å². The largest absolute Gasteiger partial charge is 0.492 e. The van der Waals surface area contributed by atoms with E-state index in [2.05, 4.69) is 0 Å². The van der Waals surface area contributed by atoms with Gasteiger partial charge in [0, 0.05) is 13.7 Å². The summed E-state index contributed by atoms with van der Waals surface area (Å²) >= 11 is 0. The molecule has 8 heteroatoms. The maximum absolute atomic E-state index is 13.2. The van der Waals surface area contributed by atoms with Gasteiger partial charge in [0.1, 0.15) is 10.6 Å². The third-order valence-electron chi connectivity index (χ3n) is 4.68. The van der Waals surface area contributed by atoms with E-state index in [1.165, 1.54) is 13.2 Å². The quantitative estimate of drug-likeness (QED) is 0.855. The summed E-state index contributed by atoms with van der Waals surface area (Å²) in [5.74, 6) is -0.830. The molecule has 2 aliphatic rings. The SMILES string of the molecule is COCC1(C(=O)O)CCCN1S(=O)(=O)c1cccc2c1OCCC2. The number of rotatable bonds is 5. The Hall–Kier alpha value is -1.64. The number of sulfonamides is 1. The van der Waals surface area contributed by atoms with Gasteiger partial charge in [-0.1, -0.05) is 12.1 Å². The normalized spacial score (nSPS) is 24.4. The van der Waals surface area contributed by atoms with Crippen LogP contribution in [0, 0.1) is 0 Å². The van der Waals surface area contributed by atoms with Gasteiger partial charge in [0.25, 0.3) is 0 Å². The molecule has 0 bridgehead atoms. The third-order valence-corrected chi connectivity index (χ3v) is 6.67. The number of carbonyl (C=O) groups is 1. The zero-order valence-electron chi connectivity index (χ0n) is 13.5. The molecule has 1 atom stereocenters. The Morgan fingerprint density at radius 2 is 2.21 bits per heavy atom. The molecule has 0 saturated carbocycles. The fourth-order valence-corrected chi connectivity index (χ4v) is 5.51. The number of nitrogens with zero attached hydrogens (tertiary/aromatic N) is 1. The summed E-state index contributed by atoms with van der Waals surface area (Å²) < 4.78 is 38.2. The van der Waals surface area contributed by atoms with Crippen molar-refractivity contribution in [3.63, 3.8) is 0 Å². The zero-order chi connectivity index (χ0) is 17.4. The standard InChI is InChI=1S/C16H21NO6S/c1-22-11-16(15(18)19)8-4-9-17(16)24(20,21)13-7-2-5-12-6-3-10-23-14(12)13/h2,5,7H,3-4,6,8-11H2,1H3,(H,18,19). The molecule has 1 N–H and O–H groups in total. The van der Waals surface area contributed by atoms with E-state index < -0.39 is 21.5 Å². The number of benzene rings is 1. The van der Waals surface area contributed by atoms with Crippen molar-refractivity contribution >= 4 is 16.0 Å². The van der Waals surface area contributed by atoms with Crippen LogP contribution in [0.3, 0.4) is 0 Å². The van der Waals surface area contributed by atoms with E-state index in [9.17, 15) is 18.3 Å². The van der Waals surface area contributed by atoms with Gasteiger partial charge < -0.3 is 14.6 Å². The lowest BCUT2D eigenvalue weighted by Gasteiger charge is -2.33. The summed E-state index contributed by atoms with van der Waals surface area (Å²) in [6.45, 7) is 0.431. The highest BCUT2D eigenvalue weighted by Gasteiger charge is 2.54. The molecule has 7 nitrogen and oxygen atoms in total. The van der Waals surface area contributed by atoms with Crippen molar-refractivity contribution in [1.82, 2.24) is 4.31 Å². The van der Waals surface area contributed by atoms with Gasteiger partial charge in [-0.3, -0.25) is 4.79 Å². The van der Waals surface area contributed by atoms with Crippen LogP contribution in [-0.2, 0) is 26.0 Å². The lowest BCUT2D eigenvalue weighted by Crippen LogP contribution is -2.56. The number of fused-ring (bicyclic) bond motifs is 1. The lowest BCUT2D eigenvalue weighted by molar-refractivity contribution is -0.150. The van der Waals surface area contributed by atoms with Crippen LogP contribution >= 0.6 is 0 Å². The van der Waals surface area contributed by atoms with Crippen molar-refractivity contribution in [2.75, 3.05) is 26.9 Å². The molecule has 0 aliphatic carbocycles. The maximum atomic E-state index is 13.2. The molecule has 1 aromatic rings. The van der Waals surface area contributed by atoms with Crippen molar-refractivity contribution in [3.05, 3.63) is 23.8 Å². The Morgan fingerprint density at radius 1 is 1.42 bits per heavy atom. The van der Waals surface area contributed by atoms with Crippen LogP contribution in [0.25, 0.3) is 0 Å². The molecule has 24 heavy (non-hydrogen) atoms. The molecular weight excluding hydrogens is 334 g/mol. The van der Waals surface area contributed by atoms with Crippen LogP contribution in [0.1, 0.15) is 24.8 Å². The first-order chi connectivity index (χ1) is 11.4.